The number of benzene rings is 2. The molecule has 1 aliphatic rings. The Morgan fingerprint density at radius 1 is 0.833 bits per heavy atom. The minimum Gasteiger partial charge on any atom is -0.492 e. The van der Waals surface area contributed by atoms with Crippen LogP contribution in [0.2, 0.25) is 0 Å². The Labute approximate surface area is 217 Å². The minimum absolute atomic E-state index is 0.130. The highest BCUT2D eigenvalue weighted by atomic mass is 16.7. The summed E-state index contributed by atoms with van der Waals surface area (Å²) in [7, 11) is 5.29. The third-order valence-electron chi connectivity index (χ3n) is 7.28. The Balaban J connectivity index is 1.70. The van der Waals surface area contributed by atoms with Gasteiger partial charge in [0.15, 0.2) is 13.6 Å². The molecule has 6 heteroatoms. The van der Waals surface area contributed by atoms with Gasteiger partial charge < -0.3 is 29.0 Å². The number of hydrogen-bond acceptors (Lipinski definition) is 6. The highest BCUT2D eigenvalue weighted by Crippen LogP contribution is 2.50. The molecule has 0 spiro atoms. The number of ether oxygens (including phenoxy) is 5. The zero-order valence-electron chi connectivity index (χ0n) is 22.6. The van der Waals surface area contributed by atoms with Gasteiger partial charge in [-0.1, -0.05) is 63.6 Å². The van der Waals surface area contributed by atoms with Crippen LogP contribution in [0.1, 0.15) is 75.3 Å². The van der Waals surface area contributed by atoms with E-state index in [1.54, 1.807) is 14.2 Å². The molecule has 1 N–H and O–H groups in total. The zero-order chi connectivity index (χ0) is 25.6. The van der Waals surface area contributed by atoms with Crippen molar-refractivity contribution in [1.82, 2.24) is 5.32 Å². The molecule has 0 saturated carbocycles. The lowest BCUT2D eigenvalue weighted by molar-refractivity contribution is 0.0505. The van der Waals surface area contributed by atoms with Crippen molar-refractivity contribution in [2.45, 2.75) is 69.6 Å². The predicted molar refractivity (Wildman–Crippen MR) is 144 cm³/mol. The second kappa shape index (κ2) is 15.1. The molecule has 0 aromatic heterocycles. The van der Waals surface area contributed by atoms with Crippen LogP contribution in [-0.2, 0) is 14.9 Å². The van der Waals surface area contributed by atoms with E-state index in [9.17, 15) is 0 Å². The second-order valence-corrected chi connectivity index (χ2v) is 9.95. The molecule has 0 aliphatic carbocycles. The summed E-state index contributed by atoms with van der Waals surface area (Å²) in [6, 6.07) is 14.6. The molecule has 2 atom stereocenters. The van der Waals surface area contributed by atoms with Gasteiger partial charge in [0.1, 0.15) is 17.2 Å². The fourth-order valence-electron chi connectivity index (χ4n) is 5.17. The van der Waals surface area contributed by atoms with Crippen LogP contribution < -0.4 is 19.5 Å². The van der Waals surface area contributed by atoms with Gasteiger partial charge >= 0.3 is 0 Å². The maximum Gasteiger partial charge on any atom is 0.188 e. The molecule has 3 rings (SSSR count). The standard InChI is InChI=1S/C30H45NO5/c1-30(24-13-15-25(16-14-24)35-22-32-3)21-34-29-20-26(36-23-33-4)17-18-27(29)28(30)12-10-8-6-5-7-9-11-19-31-2/h13-18,20,28,31H,5-12,19,21-23H2,1-4H3. The van der Waals surface area contributed by atoms with Gasteiger partial charge in [-0.05, 0) is 55.8 Å². The maximum absolute atomic E-state index is 6.35. The summed E-state index contributed by atoms with van der Waals surface area (Å²) < 4.78 is 27.7. The number of unbranched alkanes of at least 4 members (excludes halogenated alkanes) is 6. The highest BCUT2D eigenvalue weighted by Gasteiger charge is 2.42. The van der Waals surface area contributed by atoms with E-state index in [1.807, 2.05) is 31.3 Å². The van der Waals surface area contributed by atoms with Crippen LogP contribution >= 0.6 is 0 Å². The smallest absolute Gasteiger partial charge is 0.188 e. The molecule has 6 nitrogen and oxygen atoms in total. The first-order valence-electron chi connectivity index (χ1n) is 13.4. The van der Waals surface area contributed by atoms with Crippen molar-refractivity contribution >= 4 is 0 Å². The molecule has 0 radical (unpaired) electrons. The van der Waals surface area contributed by atoms with E-state index in [-0.39, 0.29) is 19.0 Å². The summed E-state index contributed by atoms with van der Waals surface area (Å²) >= 11 is 0. The highest BCUT2D eigenvalue weighted by molar-refractivity contribution is 5.48. The molecule has 0 saturated heterocycles. The van der Waals surface area contributed by atoms with Crippen molar-refractivity contribution in [3.8, 4) is 17.2 Å². The molecule has 1 aliphatic heterocycles. The van der Waals surface area contributed by atoms with E-state index in [1.165, 1.54) is 56.1 Å². The van der Waals surface area contributed by atoms with E-state index in [2.05, 4.69) is 30.4 Å². The van der Waals surface area contributed by atoms with Crippen molar-refractivity contribution in [1.29, 1.82) is 0 Å². The number of rotatable bonds is 17. The third-order valence-corrected chi connectivity index (χ3v) is 7.28. The van der Waals surface area contributed by atoms with Crippen LogP contribution in [0.3, 0.4) is 0 Å². The normalized spacial score (nSPS) is 18.9. The number of methoxy groups -OCH3 is 2. The van der Waals surface area contributed by atoms with Gasteiger partial charge in [0.25, 0.3) is 0 Å². The summed E-state index contributed by atoms with van der Waals surface area (Å²) in [5.41, 5.74) is 2.40. The van der Waals surface area contributed by atoms with Crippen LogP contribution in [0.4, 0.5) is 0 Å². The van der Waals surface area contributed by atoms with Crippen molar-refractivity contribution in [2.24, 2.45) is 0 Å². The zero-order valence-corrected chi connectivity index (χ0v) is 22.6. The van der Waals surface area contributed by atoms with Gasteiger partial charge in [0, 0.05) is 31.6 Å². The second-order valence-electron chi connectivity index (χ2n) is 9.95. The van der Waals surface area contributed by atoms with Gasteiger partial charge in [-0.2, -0.15) is 0 Å². The molecule has 36 heavy (non-hydrogen) atoms. The lowest BCUT2D eigenvalue weighted by Gasteiger charge is -2.43. The third kappa shape index (κ3) is 7.86. The Hall–Kier alpha value is -2.28. The van der Waals surface area contributed by atoms with Crippen molar-refractivity contribution in [2.75, 3.05) is 48.0 Å². The number of nitrogens with one attached hydrogen (secondary N) is 1. The fourth-order valence-corrected chi connectivity index (χ4v) is 5.17. The molecule has 1 heterocycles. The number of hydrogen-bond donors (Lipinski definition) is 1. The molecule has 200 valence electrons. The molecule has 0 bridgehead atoms. The molecular weight excluding hydrogens is 454 g/mol. The number of fused-ring (bicyclic) bond motifs is 1. The summed E-state index contributed by atoms with van der Waals surface area (Å²) in [5, 5.41) is 3.23. The molecule has 0 amide bonds. The SMILES string of the molecule is CNCCCCCCCCCC1c2ccc(OCOC)cc2OCC1(C)c1ccc(OCOC)cc1. The Morgan fingerprint density at radius 2 is 1.44 bits per heavy atom. The van der Waals surface area contributed by atoms with Gasteiger partial charge in [-0.3, -0.25) is 0 Å². The van der Waals surface area contributed by atoms with Crippen LogP contribution in [0.15, 0.2) is 42.5 Å². The molecule has 0 fully saturated rings. The van der Waals surface area contributed by atoms with Gasteiger partial charge in [-0.15, -0.1) is 0 Å². The van der Waals surface area contributed by atoms with Crippen LogP contribution in [0.5, 0.6) is 17.2 Å². The van der Waals surface area contributed by atoms with Crippen LogP contribution in [0, 0.1) is 0 Å². The van der Waals surface area contributed by atoms with Crippen molar-refractivity contribution < 1.29 is 23.7 Å². The minimum atomic E-state index is -0.130. The Morgan fingerprint density at radius 3 is 2.11 bits per heavy atom. The average molecular weight is 500 g/mol. The van der Waals surface area contributed by atoms with E-state index >= 15 is 0 Å². The first-order valence-corrected chi connectivity index (χ1v) is 13.4. The molecular formula is C30H45NO5. The fraction of sp³-hybridized carbons (Fsp3) is 0.600. The topological polar surface area (TPSA) is 58.2 Å². The first kappa shape index (κ1) is 28.3. The first-order chi connectivity index (χ1) is 17.6. The van der Waals surface area contributed by atoms with E-state index in [0.29, 0.717) is 12.5 Å². The molecule has 2 aromatic carbocycles. The van der Waals surface area contributed by atoms with Crippen LogP contribution in [0.25, 0.3) is 0 Å². The van der Waals surface area contributed by atoms with Gasteiger partial charge in [0.2, 0.25) is 0 Å². The quantitative estimate of drug-likeness (QED) is 0.200. The lowest BCUT2D eigenvalue weighted by atomic mass is 9.66. The van der Waals surface area contributed by atoms with E-state index in [4.69, 9.17) is 23.7 Å². The lowest BCUT2D eigenvalue weighted by Crippen LogP contribution is -2.40. The van der Waals surface area contributed by atoms with Crippen LogP contribution in [-0.4, -0.2) is 48.0 Å². The maximum atomic E-state index is 6.35. The monoisotopic (exact) mass is 499 g/mol. The predicted octanol–water partition coefficient (Wildman–Crippen LogP) is 6.43. The largest absolute Gasteiger partial charge is 0.492 e. The van der Waals surface area contributed by atoms with Gasteiger partial charge in [-0.25, -0.2) is 0 Å². The molecule has 2 unspecified atom stereocenters. The molecule has 2 aromatic rings. The average Bonchev–Trinajstić information content (AvgIpc) is 2.91. The Kier molecular flexibility index (Phi) is 11.9. The van der Waals surface area contributed by atoms with Gasteiger partial charge in [0.05, 0.1) is 6.61 Å². The Bertz CT molecular complexity index is 887. The van der Waals surface area contributed by atoms with Crippen molar-refractivity contribution in [3.63, 3.8) is 0 Å². The van der Waals surface area contributed by atoms with Crippen molar-refractivity contribution in [3.05, 3.63) is 53.6 Å². The summed E-state index contributed by atoms with van der Waals surface area (Å²) in [6.07, 6.45) is 10.2. The summed E-state index contributed by atoms with van der Waals surface area (Å²) in [4.78, 5) is 0. The summed E-state index contributed by atoms with van der Waals surface area (Å²) in [5.74, 6) is 2.87. The van der Waals surface area contributed by atoms with E-state index in [0.717, 1.165) is 30.2 Å². The van der Waals surface area contributed by atoms with E-state index < -0.39 is 0 Å². The summed E-state index contributed by atoms with van der Waals surface area (Å²) in [6.45, 7) is 4.56.